The normalized spacial score (nSPS) is 11.0. The van der Waals surface area contributed by atoms with Crippen molar-refractivity contribution in [3.63, 3.8) is 0 Å². The highest BCUT2D eigenvalue weighted by molar-refractivity contribution is 6.30. The van der Waals surface area contributed by atoms with Crippen LogP contribution in [0.1, 0.15) is 41.3 Å². The lowest BCUT2D eigenvalue weighted by atomic mass is 10.0. The van der Waals surface area contributed by atoms with Gasteiger partial charge in [-0.05, 0) is 47.4 Å². The number of hydrogen-bond acceptors (Lipinski definition) is 3. The third-order valence-corrected chi connectivity index (χ3v) is 3.78. The summed E-state index contributed by atoms with van der Waals surface area (Å²) in [6, 6.07) is 14.4. The molecule has 0 aliphatic heterocycles. The first-order chi connectivity index (χ1) is 11.5. The largest absolute Gasteiger partial charge is 0.454 e. The van der Waals surface area contributed by atoms with Gasteiger partial charge in [0.1, 0.15) is 0 Å². The first-order valence-corrected chi connectivity index (χ1v) is 8.07. The van der Waals surface area contributed by atoms with Crippen LogP contribution in [0, 0.1) is 0 Å². The van der Waals surface area contributed by atoms with E-state index in [-0.39, 0.29) is 12.4 Å². The SMILES string of the molecule is CC(C)c1ccc(C=CC(=O)OCC(=O)c2ccc(Cl)cc2)cc1. The Bertz CT molecular complexity index is 728. The zero-order valence-electron chi connectivity index (χ0n) is 13.7. The van der Waals surface area contributed by atoms with Gasteiger partial charge >= 0.3 is 5.97 Å². The van der Waals surface area contributed by atoms with E-state index in [1.165, 1.54) is 11.6 Å². The summed E-state index contributed by atoms with van der Waals surface area (Å²) in [6.45, 7) is 3.96. The smallest absolute Gasteiger partial charge is 0.331 e. The highest BCUT2D eigenvalue weighted by Crippen LogP contribution is 2.15. The van der Waals surface area contributed by atoms with E-state index in [0.717, 1.165) is 5.56 Å². The minimum absolute atomic E-state index is 0.269. The van der Waals surface area contributed by atoms with Gasteiger partial charge in [0.25, 0.3) is 0 Å². The maximum atomic E-state index is 11.9. The Kier molecular flexibility index (Phi) is 6.33. The lowest BCUT2D eigenvalue weighted by Gasteiger charge is -2.04. The molecule has 0 unspecified atom stereocenters. The van der Waals surface area contributed by atoms with Gasteiger partial charge in [-0.3, -0.25) is 4.79 Å². The molecule has 2 aromatic rings. The summed E-state index contributed by atoms with van der Waals surface area (Å²) in [5, 5.41) is 0.551. The first-order valence-electron chi connectivity index (χ1n) is 7.69. The van der Waals surface area contributed by atoms with Gasteiger partial charge in [0.15, 0.2) is 12.4 Å². The molecule has 0 spiro atoms. The highest BCUT2D eigenvalue weighted by atomic mass is 35.5. The molecule has 24 heavy (non-hydrogen) atoms. The molecular weight excluding hydrogens is 324 g/mol. The van der Waals surface area contributed by atoms with Crippen LogP contribution < -0.4 is 0 Å². The molecule has 3 nitrogen and oxygen atoms in total. The number of esters is 1. The summed E-state index contributed by atoms with van der Waals surface area (Å²) < 4.78 is 4.96. The summed E-state index contributed by atoms with van der Waals surface area (Å²) in [5.41, 5.74) is 2.60. The Morgan fingerprint density at radius 2 is 1.67 bits per heavy atom. The fraction of sp³-hybridized carbons (Fsp3) is 0.200. The predicted molar refractivity (Wildman–Crippen MR) is 96.3 cm³/mol. The molecule has 4 heteroatoms. The van der Waals surface area contributed by atoms with Crippen LogP contribution in [0.15, 0.2) is 54.6 Å². The third-order valence-electron chi connectivity index (χ3n) is 3.53. The average molecular weight is 343 g/mol. The fourth-order valence-corrected chi connectivity index (χ4v) is 2.19. The second-order valence-electron chi connectivity index (χ2n) is 5.69. The molecule has 124 valence electrons. The molecule has 0 saturated carbocycles. The highest BCUT2D eigenvalue weighted by Gasteiger charge is 2.08. The molecule has 0 aliphatic rings. The van der Waals surface area contributed by atoms with Crippen LogP contribution in [-0.4, -0.2) is 18.4 Å². The topological polar surface area (TPSA) is 43.4 Å². The van der Waals surface area contributed by atoms with Crippen molar-refractivity contribution >= 4 is 29.4 Å². The molecule has 0 radical (unpaired) electrons. The molecular formula is C20H19ClO3. The fourth-order valence-electron chi connectivity index (χ4n) is 2.06. The van der Waals surface area contributed by atoms with E-state index < -0.39 is 5.97 Å². The van der Waals surface area contributed by atoms with Crippen LogP contribution in [0.5, 0.6) is 0 Å². The van der Waals surface area contributed by atoms with E-state index in [9.17, 15) is 9.59 Å². The Balaban J connectivity index is 1.86. The Hall–Kier alpha value is -2.39. The molecule has 0 bridgehead atoms. The van der Waals surface area contributed by atoms with Gasteiger partial charge in [0.05, 0.1) is 0 Å². The van der Waals surface area contributed by atoms with E-state index >= 15 is 0 Å². The number of halogens is 1. The lowest BCUT2D eigenvalue weighted by molar-refractivity contribution is -0.136. The van der Waals surface area contributed by atoms with Crippen molar-refractivity contribution < 1.29 is 14.3 Å². The number of ketones is 1. The van der Waals surface area contributed by atoms with Crippen LogP contribution in [0.2, 0.25) is 5.02 Å². The van der Waals surface area contributed by atoms with Crippen LogP contribution >= 0.6 is 11.6 Å². The number of benzene rings is 2. The van der Waals surface area contributed by atoms with Crippen molar-refractivity contribution in [1.82, 2.24) is 0 Å². The zero-order chi connectivity index (χ0) is 17.5. The molecule has 0 amide bonds. The standard InChI is InChI=1S/C20H19ClO3/c1-14(2)16-6-3-15(4-7-16)5-12-20(23)24-13-19(22)17-8-10-18(21)11-9-17/h3-12,14H,13H2,1-2H3. The van der Waals surface area contributed by atoms with Crippen molar-refractivity contribution in [2.75, 3.05) is 6.61 Å². The summed E-state index contributed by atoms with van der Waals surface area (Å²) >= 11 is 5.76. The molecule has 2 aromatic carbocycles. The molecule has 0 atom stereocenters. The van der Waals surface area contributed by atoms with Crippen molar-refractivity contribution in [3.8, 4) is 0 Å². The Labute approximate surface area is 146 Å². The maximum absolute atomic E-state index is 11.9. The number of carbonyl (C=O) groups is 2. The van der Waals surface area contributed by atoms with E-state index in [1.54, 1.807) is 30.3 Å². The molecule has 0 N–H and O–H groups in total. The second-order valence-corrected chi connectivity index (χ2v) is 6.13. The molecule has 0 saturated heterocycles. The predicted octanol–water partition coefficient (Wildman–Crippen LogP) is 4.90. The van der Waals surface area contributed by atoms with E-state index in [1.807, 2.05) is 24.3 Å². The van der Waals surface area contributed by atoms with Gasteiger partial charge in [-0.15, -0.1) is 0 Å². The monoisotopic (exact) mass is 342 g/mol. The van der Waals surface area contributed by atoms with Crippen molar-refractivity contribution in [1.29, 1.82) is 0 Å². The average Bonchev–Trinajstić information content (AvgIpc) is 2.58. The second kappa shape index (κ2) is 8.46. The summed E-state index contributed by atoms with van der Waals surface area (Å²) in [7, 11) is 0. The molecule has 0 aliphatic carbocycles. The Morgan fingerprint density at radius 1 is 1.04 bits per heavy atom. The molecule has 2 rings (SSSR count). The number of ether oxygens (including phenoxy) is 1. The first kappa shape index (κ1) is 18.0. The Morgan fingerprint density at radius 3 is 2.25 bits per heavy atom. The van der Waals surface area contributed by atoms with E-state index in [2.05, 4.69) is 13.8 Å². The number of carbonyl (C=O) groups excluding carboxylic acids is 2. The third kappa shape index (κ3) is 5.36. The van der Waals surface area contributed by atoms with Crippen molar-refractivity contribution in [3.05, 3.63) is 76.3 Å². The van der Waals surface area contributed by atoms with Crippen molar-refractivity contribution in [2.45, 2.75) is 19.8 Å². The lowest BCUT2D eigenvalue weighted by Crippen LogP contribution is -2.12. The van der Waals surface area contributed by atoms with Crippen LogP contribution in [0.25, 0.3) is 6.08 Å². The molecule has 0 aromatic heterocycles. The summed E-state index contributed by atoms with van der Waals surface area (Å²) in [6.07, 6.45) is 2.98. The maximum Gasteiger partial charge on any atom is 0.331 e. The summed E-state index contributed by atoms with van der Waals surface area (Å²) in [4.78, 5) is 23.6. The molecule has 0 heterocycles. The van der Waals surface area contributed by atoms with Gasteiger partial charge in [0.2, 0.25) is 0 Å². The van der Waals surface area contributed by atoms with E-state index in [0.29, 0.717) is 16.5 Å². The zero-order valence-corrected chi connectivity index (χ0v) is 14.4. The van der Waals surface area contributed by atoms with Gasteiger partial charge in [-0.25, -0.2) is 4.79 Å². The van der Waals surface area contributed by atoms with Crippen LogP contribution in [-0.2, 0) is 9.53 Å². The van der Waals surface area contributed by atoms with Gasteiger partial charge in [-0.1, -0.05) is 49.7 Å². The number of Topliss-reactive ketones (excluding diaryl/α,β-unsaturated/α-hetero) is 1. The number of rotatable bonds is 6. The quantitative estimate of drug-likeness (QED) is 0.426. The summed E-state index contributed by atoms with van der Waals surface area (Å²) in [5.74, 6) is -0.355. The van der Waals surface area contributed by atoms with Gasteiger partial charge < -0.3 is 4.74 Å². The van der Waals surface area contributed by atoms with Crippen molar-refractivity contribution in [2.24, 2.45) is 0 Å². The van der Waals surface area contributed by atoms with Gasteiger partial charge in [0, 0.05) is 16.7 Å². The number of hydrogen-bond donors (Lipinski definition) is 0. The minimum Gasteiger partial charge on any atom is -0.454 e. The van der Waals surface area contributed by atoms with Crippen LogP contribution in [0.3, 0.4) is 0 Å². The molecule has 0 fully saturated rings. The van der Waals surface area contributed by atoms with Crippen LogP contribution in [0.4, 0.5) is 0 Å². The van der Waals surface area contributed by atoms with Gasteiger partial charge in [-0.2, -0.15) is 0 Å². The minimum atomic E-state index is -0.551. The van der Waals surface area contributed by atoms with E-state index in [4.69, 9.17) is 16.3 Å².